The molecule has 6 heteroatoms. The second-order valence-electron chi connectivity index (χ2n) is 10.4. The van der Waals surface area contributed by atoms with Gasteiger partial charge in [-0.25, -0.2) is 0 Å². The third kappa shape index (κ3) is 4.80. The highest BCUT2D eigenvalue weighted by Crippen LogP contribution is 2.46. The number of nitrogens with zero attached hydrogens (tertiary/aromatic N) is 3. The number of ether oxygens (including phenoxy) is 1. The summed E-state index contributed by atoms with van der Waals surface area (Å²) in [7, 11) is 1.77. The molecule has 0 saturated carbocycles. The number of fused-ring (bicyclic) bond motifs is 1. The quantitative estimate of drug-likeness (QED) is 0.528. The molecule has 6 nitrogen and oxygen atoms in total. The van der Waals surface area contributed by atoms with Crippen molar-refractivity contribution >= 4 is 5.97 Å². The van der Waals surface area contributed by atoms with E-state index in [2.05, 4.69) is 56.2 Å². The van der Waals surface area contributed by atoms with Crippen LogP contribution < -0.4 is 4.74 Å². The average molecular weight is 448 g/mol. The molecule has 1 aliphatic carbocycles. The number of rotatable bonds is 7. The second-order valence-corrected chi connectivity index (χ2v) is 10.4. The molecule has 1 atom stereocenters. The molecule has 0 unspecified atom stereocenters. The molecule has 4 rings (SSSR count). The third-order valence-electron chi connectivity index (χ3n) is 7.09. The summed E-state index contributed by atoms with van der Waals surface area (Å²) < 4.78 is 7.71. The van der Waals surface area contributed by atoms with E-state index in [-0.39, 0.29) is 23.2 Å². The van der Waals surface area contributed by atoms with Gasteiger partial charge >= 0.3 is 5.97 Å². The van der Waals surface area contributed by atoms with Crippen molar-refractivity contribution in [2.45, 2.75) is 70.3 Å². The molecular weight excluding hydrogens is 414 g/mol. The second kappa shape index (κ2) is 8.65. The zero-order valence-electron chi connectivity index (χ0n) is 20.1. The normalized spacial score (nSPS) is 17.2. The number of hydrogen-bond acceptors (Lipinski definition) is 4. The first-order valence-corrected chi connectivity index (χ1v) is 11.5. The first-order chi connectivity index (χ1) is 15.6. The molecule has 33 heavy (non-hydrogen) atoms. The number of carboxylic acids is 1. The van der Waals surface area contributed by atoms with E-state index in [9.17, 15) is 9.90 Å². The summed E-state index contributed by atoms with van der Waals surface area (Å²) in [5.41, 5.74) is 6.07. The third-order valence-corrected chi connectivity index (χ3v) is 7.09. The molecule has 0 spiro atoms. The molecule has 1 aliphatic rings. The Balaban J connectivity index is 1.50. The number of aliphatic carboxylic acids is 1. The van der Waals surface area contributed by atoms with Crippen molar-refractivity contribution in [1.82, 2.24) is 15.0 Å². The van der Waals surface area contributed by atoms with Gasteiger partial charge in [0.15, 0.2) is 0 Å². The van der Waals surface area contributed by atoms with Gasteiger partial charge in [0, 0.05) is 13.0 Å². The van der Waals surface area contributed by atoms with Gasteiger partial charge < -0.3 is 9.84 Å². The topological polar surface area (TPSA) is 77.2 Å². The van der Waals surface area contributed by atoms with Crippen molar-refractivity contribution < 1.29 is 14.6 Å². The summed E-state index contributed by atoms with van der Waals surface area (Å²) in [6, 6.07) is 14.4. The van der Waals surface area contributed by atoms with Gasteiger partial charge in [0.1, 0.15) is 12.4 Å². The summed E-state index contributed by atoms with van der Waals surface area (Å²) in [5.74, 6) is -0.420. The minimum atomic E-state index is -0.861. The molecular formula is C27H33N3O3. The Morgan fingerprint density at radius 1 is 1.06 bits per heavy atom. The Bertz CT molecular complexity index is 1150. The van der Waals surface area contributed by atoms with Crippen LogP contribution in [0.4, 0.5) is 0 Å². The van der Waals surface area contributed by atoms with E-state index in [4.69, 9.17) is 4.74 Å². The van der Waals surface area contributed by atoms with E-state index >= 15 is 0 Å². The van der Waals surface area contributed by atoms with Gasteiger partial charge in [-0.05, 0) is 58.1 Å². The molecule has 0 saturated heterocycles. The number of carbonyl (C=O) groups is 1. The Labute approximate surface area is 195 Å². The van der Waals surface area contributed by atoms with Gasteiger partial charge in [0.2, 0.25) is 0 Å². The van der Waals surface area contributed by atoms with Gasteiger partial charge in [0.05, 0.1) is 18.3 Å². The predicted octanol–water partition coefficient (Wildman–Crippen LogP) is 5.35. The summed E-state index contributed by atoms with van der Waals surface area (Å²) in [6.45, 7) is 9.81. The first-order valence-electron chi connectivity index (χ1n) is 11.5. The van der Waals surface area contributed by atoms with Crippen LogP contribution in [0.3, 0.4) is 0 Å². The number of carboxylic acid groups (broad SMARTS) is 1. The summed E-state index contributed by atoms with van der Waals surface area (Å²) in [4.78, 5) is 11.4. The molecule has 174 valence electrons. The van der Waals surface area contributed by atoms with Crippen molar-refractivity contribution in [2.75, 3.05) is 0 Å². The van der Waals surface area contributed by atoms with Crippen molar-refractivity contribution in [1.29, 1.82) is 0 Å². The molecule has 0 amide bonds. The monoisotopic (exact) mass is 447 g/mol. The van der Waals surface area contributed by atoms with Gasteiger partial charge in [-0.3, -0.25) is 9.48 Å². The molecule has 1 N–H and O–H groups in total. The molecule has 0 aliphatic heterocycles. The van der Waals surface area contributed by atoms with E-state index < -0.39 is 5.97 Å². The van der Waals surface area contributed by atoms with Gasteiger partial charge in [-0.1, -0.05) is 63.2 Å². The standard InChI is InChI=1S/C27H33N3O3/c1-26(2)12-13-27(3,4)23-14-18(6-11-22(23)26)17-33-20-9-7-19(8-10-20)21(15-25(31)32)24-16-28-29-30(24)5/h6-11,14,16,21H,12-13,15,17H2,1-5H3,(H,31,32)/t21-/m0/s1. The van der Waals surface area contributed by atoms with E-state index in [1.807, 2.05) is 24.3 Å². The molecule has 2 aromatic carbocycles. The van der Waals surface area contributed by atoms with E-state index in [0.717, 1.165) is 22.6 Å². The summed E-state index contributed by atoms with van der Waals surface area (Å²) in [5, 5.41) is 17.2. The Morgan fingerprint density at radius 3 is 2.33 bits per heavy atom. The minimum Gasteiger partial charge on any atom is -0.489 e. The number of benzene rings is 2. The maximum absolute atomic E-state index is 11.4. The largest absolute Gasteiger partial charge is 0.489 e. The van der Waals surface area contributed by atoms with Crippen molar-refractivity contribution in [3.05, 3.63) is 76.6 Å². The Kier molecular flexibility index (Phi) is 6.04. The fourth-order valence-corrected chi connectivity index (χ4v) is 4.87. The highest BCUT2D eigenvalue weighted by atomic mass is 16.5. The van der Waals surface area contributed by atoms with E-state index in [1.165, 1.54) is 24.0 Å². The lowest BCUT2D eigenvalue weighted by Gasteiger charge is -2.42. The molecule has 0 fully saturated rings. The van der Waals surface area contributed by atoms with E-state index in [0.29, 0.717) is 6.61 Å². The van der Waals surface area contributed by atoms with Crippen molar-refractivity contribution in [2.24, 2.45) is 7.05 Å². The van der Waals surface area contributed by atoms with Gasteiger partial charge in [-0.2, -0.15) is 0 Å². The van der Waals surface area contributed by atoms with E-state index in [1.54, 1.807) is 17.9 Å². The Hall–Kier alpha value is -3.15. The van der Waals surface area contributed by atoms with Crippen LogP contribution in [0.1, 0.15) is 80.8 Å². The van der Waals surface area contributed by atoms with Crippen LogP contribution in [0.5, 0.6) is 5.75 Å². The summed E-state index contributed by atoms with van der Waals surface area (Å²) >= 11 is 0. The molecule has 3 aromatic rings. The van der Waals surface area contributed by atoms with Gasteiger partial charge in [0.25, 0.3) is 0 Å². The fourth-order valence-electron chi connectivity index (χ4n) is 4.87. The van der Waals surface area contributed by atoms with Crippen LogP contribution in [-0.2, 0) is 29.3 Å². The maximum atomic E-state index is 11.4. The van der Waals surface area contributed by atoms with Crippen LogP contribution in [-0.4, -0.2) is 26.1 Å². The smallest absolute Gasteiger partial charge is 0.304 e. The maximum Gasteiger partial charge on any atom is 0.304 e. The van der Waals surface area contributed by atoms with Gasteiger partial charge in [-0.15, -0.1) is 5.10 Å². The van der Waals surface area contributed by atoms with Crippen LogP contribution in [0.15, 0.2) is 48.7 Å². The zero-order valence-corrected chi connectivity index (χ0v) is 20.1. The molecule has 1 aromatic heterocycles. The fraction of sp³-hybridized carbons (Fsp3) is 0.444. The highest BCUT2D eigenvalue weighted by molar-refractivity contribution is 5.69. The van der Waals surface area contributed by atoms with Crippen molar-refractivity contribution in [3.63, 3.8) is 0 Å². The van der Waals surface area contributed by atoms with Crippen LogP contribution in [0.25, 0.3) is 0 Å². The Morgan fingerprint density at radius 2 is 1.73 bits per heavy atom. The average Bonchev–Trinajstić information content (AvgIpc) is 3.20. The predicted molar refractivity (Wildman–Crippen MR) is 128 cm³/mol. The highest BCUT2D eigenvalue weighted by Gasteiger charge is 2.36. The van der Waals surface area contributed by atoms with Crippen LogP contribution >= 0.6 is 0 Å². The lowest BCUT2D eigenvalue weighted by Crippen LogP contribution is -2.33. The minimum absolute atomic E-state index is 0.0251. The van der Waals surface area contributed by atoms with Crippen molar-refractivity contribution in [3.8, 4) is 5.75 Å². The lowest BCUT2D eigenvalue weighted by molar-refractivity contribution is -0.137. The molecule has 1 heterocycles. The summed E-state index contributed by atoms with van der Waals surface area (Å²) in [6.07, 6.45) is 3.98. The number of aryl methyl sites for hydroxylation is 1. The van der Waals surface area contributed by atoms with Crippen LogP contribution in [0.2, 0.25) is 0 Å². The first kappa shape index (κ1) is 23.0. The molecule has 0 bridgehead atoms. The number of hydrogen-bond donors (Lipinski definition) is 1. The van der Waals surface area contributed by atoms with Crippen LogP contribution in [0, 0.1) is 0 Å². The molecule has 0 radical (unpaired) electrons. The SMILES string of the molecule is Cn1nncc1[C@@H](CC(=O)O)c1ccc(OCc2ccc3c(c2)C(C)(C)CCC3(C)C)cc1. The zero-order chi connectivity index (χ0) is 23.8. The lowest BCUT2D eigenvalue weighted by atomic mass is 9.63. The number of aromatic nitrogens is 3.